The zero-order valence-electron chi connectivity index (χ0n) is 10.9. The van der Waals surface area contributed by atoms with Gasteiger partial charge < -0.3 is 0 Å². The van der Waals surface area contributed by atoms with Crippen LogP contribution >= 0.6 is 0 Å². The summed E-state index contributed by atoms with van der Waals surface area (Å²) in [6.45, 7) is 3.73. The fraction of sp³-hybridized carbons (Fsp3) is 0.500. The Bertz CT molecular complexity index is 483. The quantitative estimate of drug-likeness (QED) is 0.548. The van der Waals surface area contributed by atoms with Gasteiger partial charge in [0.2, 0.25) is 11.8 Å². The van der Waals surface area contributed by atoms with Crippen LogP contribution in [0.5, 0.6) is 0 Å². The van der Waals surface area contributed by atoms with Gasteiger partial charge in [0.05, 0.1) is 11.8 Å². The summed E-state index contributed by atoms with van der Waals surface area (Å²) in [6, 6.07) is 0. The molecule has 18 heavy (non-hydrogen) atoms. The lowest BCUT2D eigenvalue weighted by Gasteiger charge is -2.20. The van der Waals surface area contributed by atoms with Gasteiger partial charge in [0.15, 0.2) is 5.78 Å². The Labute approximate surface area is 106 Å². The summed E-state index contributed by atoms with van der Waals surface area (Å²) in [7, 11) is 1.51. The molecule has 0 N–H and O–H groups in total. The van der Waals surface area contributed by atoms with E-state index in [1.165, 1.54) is 11.9 Å². The van der Waals surface area contributed by atoms with Gasteiger partial charge in [0.1, 0.15) is 0 Å². The molecule has 4 heteroatoms. The molecule has 2 amide bonds. The molecule has 0 radical (unpaired) electrons. The van der Waals surface area contributed by atoms with E-state index in [-0.39, 0.29) is 29.4 Å². The van der Waals surface area contributed by atoms with Crippen molar-refractivity contribution in [3.8, 4) is 0 Å². The number of hydrogen-bond acceptors (Lipinski definition) is 3. The lowest BCUT2D eigenvalue weighted by atomic mass is 9.80. The van der Waals surface area contributed by atoms with Crippen molar-refractivity contribution in [1.82, 2.24) is 4.90 Å². The van der Waals surface area contributed by atoms with Crippen molar-refractivity contribution in [2.75, 3.05) is 7.05 Å². The summed E-state index contributed by atoms with van der Waals surface area (Å²) < 4.78 is 0. The highest BCUT2D eigenvalue weighted by Gasteiger charge is 2.47. The van der Waals surface area contributed by atoms with Crippen molar-refractivity contribution < 1.29 is 14.4 Å². The van der Waals surface area contributed by atoms with Gasteiger partial charge in [0, 0.05) is 7.05 Å². The molecule has 1 aliphatic heterocycles. The van der Waals surface area contributed by atoms with Gasteiger partial charge in [-0.2, -0.15) is 0 Å². The molecule has 4 nitrogen and oxygen atoms in total. The van der Waals surface area contributed by atoms with Gasteiger partial charge in [-0.3, -0.25) is 19.3 Å². The van der Waals surface area contributed by atoms with Crippen molar-refractivity contribution in [2.24, 2.45) is 11.8 Å². The summed E-state index contributed by atoms with van der Waals surface area (Å²) in [5.41, 5.74) is 1.60. The van der Waals surface area contributed by atoms with Gasteiger partial charge >= 0.3 is 0 Å². The zero-order valence-corrected chi connectivity index (χ0v) is 10.9. The minimum atomic E-state index is -0.336. The second-order valence-electron chi connectivity index (χ2n) is 5.20. The molecular formula is C14H17NO3. The number of hydrogen-bond donors (Lipinski definition) is 0. The van der Waals surface area contributed by atoms with Crippen LogP contribution in [0.2, 0.25) is 0 Å². The number of carbonyl (C=O) groups is 3. The fourth-order valence-corrected chi connectivity index (χ4v) is 2.59. The summed E-state index contributed by atoms with van der Waals surface area (Å²) in [4.78, 5) is 36.8. The molecule has 96 valence electrons. The minimum Gasteiger partial charge on any atom is -0.290 e. The molecule has 2 rings (SSSR count). The van der Waals surface area contributed by atoms with Crippen molar-refractivity contribution in [1.29, 1.82) is 0 Å². The predicted octanol–water partition coefficient (Wildman–Crippen LogP) is 1.47. The number of allylic oxidation sites excluding steroid dienone is 4. The molecule has 1 aliphatic carbocycles. The number of carbonyl (C=O) groups excluding carboxylic acids is 3. The normalized spacial score (nSPS) is 26.8. The van der Waals surface area contributed by atoms with Crippen LogP contribution in [-0.4, -0.2) is 29.5 Å². The lowest BCUT2D eigenvalue weighted by Crippen LogP contribution is -2.26. The number of amides is 2. The fourth-order valence-electron chi connectivity index (χ4n) is 2.59. The molecule has 0 saturated carbocycles. The first-order valence-electron chi connectivity index (χ1n) is 6.11. The third-order valence-corrected chi connectivity index (χ3v) is 3.58. The molecule has 0 aromatic heterocycles. The van der Waals surface area contributed by atoms with E-state index in [0.29, 0.717) is 18.4 Å². The maximum absolute atomic E-state index is 11.9. The molecule has 0 aromatic carbocycles. The van der Waals surface area contributed by atoms with E-state index in [1.807, 2.05) is 19.9 Å². The molecule has 1 fully saturated rings. The second-order valence-corrected chi connectivity index (χ2v) is 5.20. The van der Waals surface area contributed by atoms with Crippen LogP contribution in [0.1, 0.15) is 26.7 Å². The van der Waals surface area contributed by atoms with Crippen LogP contribution in [-0.2, 0) is 14.4 Å². The largest absolute Gasteiger partial charge is 0.290 e. The standard InChI is InChI=1S/C14H17NO3/c1-8(2)6-12(16)9-4-5-10-11(7-9)14(18)15(3)13(10)17/h4,6,10-11H,5,7H2,1-3H3/t10-,11+/m0/s1. The van der Waals surface area contributed by atoms with Crippen LogP contribution in [0.25, 0.3) is 0 Å². The van der Waals surface area contributed by atoms with Gasteiger partial charge in [0.25, 0.3) is 0 Å². The van der Waals surface area contributed by atoms with E-state index in [2.05, 4.69) is 0 Å². The Kier molecular flexibility index (Phi) is 3.20. The van der Waals surface area contributed by atoms with Crippen molar-refractivity contribution in [3.63, 3.8) is 0 Å². The third-order valence-electron chi connectivity index (χ3n) is 3.58. The maximum atomic E-state index is 11.9. The predicted molar refractivity (Wildman–Crippen MR) is 66.5 cm³/mol. The Morgan fingerprint density at radius 1 is 1.28 bits per heavy atom. The second kappa shape index (κ2) is 4.52. The van der Waals surface area contributed by atoms with E-state index in [0.717, 1.165) is 5.57 Å². The maximum Gasteiger partial charge on any atom is 0.233 e. The number of rotatable bonds is 2. The number of nitrogens with zero attached hydrogens (tertiary/aromatic N) is 1. The van der Waals surface area contributed by atoms with E-state index < -0.39 is 0 Å². The molecule has 2 atom stereocenters. The Balaban J connectivity index is 2.20. The zero-order chi connectivity index (χ0) is 13.4. The number of imide groups is 1. The van der Waals surface area contributed by atoms with Crippen LogP contribution in [0, 0.1) is 11.8 Å². The van der Waals surface area contributed by atoms with Gasteiger partial charge in [-0.15, -0.1) is 0 Å². The smallest absolute Gasteiger partial charge is 0.233 e. The van der Waals surface area contributed by atoms with Gasteiger partial charge in [-0.1, -0.05) is 11.6 Å². The topological polar surface area (TPSA) is 54.5 Å². The van der Waals surface area contributed by atoms with Crippen LogP contribution in [0.15, 0.2) is 23.3 Å². The highest BCUT2D eigenvalue weighted by atomic mass is 16.2. The highest BCUT2D eigenvalue weighted by molar-refractivity contribution is 6.08. The molecule has 1 heterocycles. The van der Waals surface area contributed by atoms with E-state index >= 15 is 0 Å². The average Bonchev–Trinajstić information content (AvgIpc) is 2.53. The first kappa shape index (κ1) is 12.7. The van der Waals surface area contributed by atoms with Crippen LogP contribution in [0.4, 0.5) is 0 Å². The minimum absolute atomic E-state index is 0.0387. The SMILES string of the molecule is CC(C)=CC(=O)C1=CC[C@@H]2C(=O)N(C)C(=O)[C@@H]2C1. The first-order valence-corrected chi connectivity index (χ1v) is 6.11. The highest BCUT2D eigenvalue weighted by Crippen LogP contribution is 2.37. The van der Waals surface area contributed by atoms with Crippen molar-refractivity contribution in [2.45, 2.75) is 26.7 Å². The van der Waals surface area contributed by atoms with Crippen LogP contribution < -0.4 is 0 Å². The van der Waals surface area contributed by atoms with Crippen molar-refractivity contribution >= 4 is 17.6 Å². The summed E-state index contributed by atoms with van der Waals surface area (Å²) in [5, 5.41) is 0. The third kappa shape index (κ3) is 2.03. The Morgan fingerprint density at radius 3 is 2.50 bits per heavy atom. The van der Waals surface area contributed by atoms with Crippen LogP contribution in [0.3, 0.4) is 0 Å². The number of fused-ring (bicyclic) bond motifs is 1. The van der Waals surface area contributed by atoms with E-state index in [9.17, 15) is 14.4 Å². The molecule has 2 aliphatic rings. The number of likely N-dealkylation sites (tertiary alicyclic amines) is 1. The van der Waals surface area contributed by atoms with E-state index in [4.69, 9.17) is 0 Å². The Morgan fingerprint density at radius 2 is 1.89 bits per heavy atom. The Hall–Kier alpha value is -1.71. The first-order chi connectivity index (χ1) is 8.41. The molecule has 0 bridgehead atoms. The van der Waals surface area contributed by atoms with Crippen molar-refractivity contribution in [3.05, 3.63) is 23.3 Å². The summed E-state index contributed by atoms with van der Waals surface area (Å²) in [5.74, 6) is -0.901. The lowest BCUT2D eigenvalue weighted by molar-refractivity contribution is -0.138. The summed E-state index contributed by atoms with van der Waals surface area (Å²) >= 11 is 0. The van der Waals surface area contributed by atoms with E-state index in [1.54, 1.807) is 6.08 Å². The number of ketones is 1. The van der Waals surface area contributed by atoms with Gasteiger partial charge in [-0.05, 0) is 38.3 Å². The molecule has 0 unspecified atom stereocenters. The average molecular weight is 247 g/mol. The molecular weight excluding hydrogens is 230 g/mol. The summed E-state index contributed by atoms with van der Waals surface area (Å²) in [6.07, 6.45) is 4.28. The monoisotopic (exact) mass is 247 g/mol. The molecule has 1 saturated heterocycles. The molecule has 0 spiro atoms. The van der Waals surface area contributed by atoms with Gasteiger partial charge in [-0.25, -0.2) is 0 Å². The molecule has 0 aromatic rings.